The summed E-state index contributed by atoms with van der Waals surface area (Å²) in [5, 5.41) is 26.0. The predicted molar refractivity (Wildman–Crippen MR) is 55.7 cm³/mol. The van der Waals surface area contributed by atoms with Gasteiger partial charge in [-0.05, 0) is 38.8 Å². The second-order valence-corrected chi connectivity index (χ2v) is 3.85. The molecule has 0 saturated carbocycles. The number of rotatable bonds is 2. The number of nitrogens with zero attached hydrogens (tertiary/aromatic N) is 2. The van der Waals surface area contributed by atoms with E-state index in [0.29, 0.717) is 9.21 Å². The van der Waals surface area contributed by atoms with Gasteiger partial charge in [-0.2, -0.15) is 5.21 Å². The van der Waals surface area contributed by atoms with E-state index >= 15 is 0 Å². The molecule has 80 valence electrons. The van der Waals surface area contributed by atoms with Crippen molar-refractivity contribution in [3.8, 4) is 0 Å². The van der Waals surface area contributed by atoms with Gasteiger partial charge in [-0.25, -0.2) is 0 Å². The molecule has 0 aliphatic heterocycles. The number of nitrogens with one attached hydrogen (secondary N) is 1. The molecule has 0 amide bonds. The quantitative estimate of drug-likeness (QED) is 0.756. The first-order valence-electron chi connectivity index (χ1n) is 3.55. The van der Waals surface area contributed by atoms with Crippen molar-refractivity contribution in [2.24, 2.45) is 0 Å². The summed E-state index contributed by atoms with van der Waals surface area (Å²) >= 11 is 6.23. The van der Waals surface area contributed by atoms with E-state index in [-0.39, 0.29) is 6.42 Å². The summed E-state index contributed by atoms with van der Waals surface area (Å²) in [6.45, 7) is 1.44. The minimum Gasteiger partial charge on any atom is -0.481 e. The molecule has 1 aromatic heterocycles. The second-order valence-electron chi connectivity index (χ2n) is 2.35. The molecule has 1 heterocycles. The Morgan fingerprint density at radius 3 is 2.00 bits per heavy atom. The molecular formula is C6H9Br2N3O3. The first-order valence-corrected chi connectivity index (χ1v) is 5.13. The standard InChI is InChI=1S/C4H8O3.C2HBr2N3/c1-3(5)2-4(6)7;3-1-2(4)6-7-5-1/h3,5H,2H2,1H3,(H,6,7);(H,5,6,7)/t3-;/m0./s1. The summed E-state index contributed by atoms with van der Waals surface area (Å²) in [4.78, 5) is 9.65. The minimum atomic E-state index is -0.963. The highest BCUT2D eigenvalue weighted by Crippen LogP contribution is 2.14. The van der Waals surface area contributed by atoms with E-state index in [1.54, 1.807) is 0 Å². The maximum absolute atomic E-state index is 9.65. The van der Waals surface area contributed by atoms with Crippen LogP contribution < -0.4 is 0 Å². The van der Waals surface area contributed by atoms with Crippen molar-refractivity contribution < 1.29 is 15.0 Å². The molecule has 0 aliphatic rings. The monoisotopic (exact) mass is 329 g/mol. The molecule has 0 saturated heterocycles. The Morgan fingerprint density at radius 1 is 1.50 bits per heavy atom. The molecule has 14 heavy (non-hydrogen) atoms. The van der Waals surface area contributed by atoms with Gasteiger partial charge in [0, 0.05) is 0 Å². The SMILES string of the molecule is Brc1n[nH]nc1Br.C[C@H](O)CC(=O)O. The number of H-pyrrole nitrogens is 1. The van der Waals surface area contributed by atoms with Crippen LogP contribution in [0.1, 0.15) is 13.3 Å². The van der Waals surface area contributed by atoms with Gasteiger partial charge in [0.05, 0.1) is 12.5 Å². The van der Waals surface area contributed by atoms with Crippen LogP contribution in [-0.4, -0.2) is 37.7 Å². The van der Waals surface area contributed by atoms with Gasteiger partial charge in [0.2, 0.25) is 0 Å². The summed E-state index contributed by atoms with van der Waals surface area (Å²) in [5.41, 5.74) is 0. The lowest BCUT2D eigenvalue weighted by Gasteiger charge is -1.94. The number of aliphatic hydroxyl groups excluding tert-OH is 1. The number of carboxylic acids is 1. The van der Waals surface area contributed by atoms with Gasteiger partial charge in [0.15, 0.2) is 9.21 Å². The zero-order chi connectivity index (χ0) is 11.1. The molecule has 0 aromatic carbocycles. The predicted octanol–water partition coefficient (Wildman–Crippen LogP) is 1.17. The second kappa shape index (κ2) is 6.91. The van der Waals surface area contributed by atoms with Crippen molar-refractivity contribution in [2.45, 2.75) is 19.4 Å². The molecule has 6 nitrogen and oxygen atoms in total. The number of hydrogen-bond acceptors (Lipinski definition) is 4. The Balaban J connectivity index is 0.000000241. The van der Waals surface area contributed by atoms with Gasteiger partial charge in [0.1, 0.15) is 0 Å². The summed E-state index contributed by atoms with van der Waals surface area (Å²) in [6.07, 6.45) is -0.891. The maximum Gasteiger partial charge on any atom is 0.305 e. The fourth-order valence-corrected chi connectivity index (χ4v) is 0.794. The highest BCUT2D eigenvalue weighted by molar-refractivity contribution is 9.13. The lowest BCUT2D eigenvalue weighted by atomic mass is 10.3. The molecule has 0 spiro atoms. The molecule has 0 radical (unpaired) electrons. The summed E-state index contributed by atoms with van der Waals surface area (Å²) < 4.78 is 1.40. The molecule has 1 rings (SSSR count). The van der Waals surface area contributed by atoms with Crippen LogP contribution in [0.25, 0.3) is 0 Å². The molecule has 8 heteroatoms. The Bertz CT molecular complexity index is 273. The minimum absolute atomic E-state index is 0.167. The van der Waals surface area contributed by atoms with Crippen LogP contribution in [0.3, 0.4) is 0 Å². The fourth-order valence-electron chi connectivity index (χ4n) is 0.458. The topological polar surface area (TPSA) is 99.1 Å². The first kappa shape index (κ1) is 13.5. The number of carbonyl (C=O) groups is 1. The number of hydrogen-bond donors (Lipinski definition) is 3. The molecular weight excluding hydrogens is 322 g/mol. The van der Waals surface area contributed by atoms with Crippen LogP contribution in [0.5, 0.6) is 0 Å². The molecule has 1 atom stereocenters. The Labute approximate surface area is 97.0 Å². The lowest BCUT2D eigenvalue weighted by Crippen LogP contribution is -2.07. The number of aromatic nitrogens is 3. The third kappa shape index (κ3) is 6.98. The van der Waals surface area contributed by atoms with E-state index < -0.39 is 12.1 Å². The highest BCUT2D eigenvalue weighted by atomic mass is 79.9. The molecule has 0 fully saturated rings. The van der Waals surface area contributed by atoms with Crippen LogP contribution in [0.2, 0.25) is 0 Å². The van der Waals surface area contributed by atoms with E-state index in [1.807, 2.05) is 0 Å². The third-order valence-electron chi connectivity index (χ3n) is 0.937. The third-order valence-corrected chi connectivity index (χ3v) is 2.57. The Hall–Kier alpha value is -0.470. The average molecular weight is 331 g/mol. The number of aliphatic hydroxyl groups is 1. The Morgan fingerprint density at radius 2 is 1.93 bits per heavy atom. The largest absolute Gasteiger partial charge is 0.481 e. The van der Waals surface area contributed by atoms with Crippen molar-refractivity contribution in [2.75, 3.05) is 0 Å². The Kier molecular flexibility index (Phi) is 6.67. The lowest BCUT2D eigenvalue weighted by molar-refractivity contribution is -0.138. The van der Waals surface area contributed by atoms with Crippen molar-refractivity contribution in [1.82, 2.24) is 15.4 Å². The number of aromatic amines is 1. The zero-order valence-electron chi connectivity index (χ0n) is 7.24. The van der Waals surface area contributed by atoms with Crippen molar-refractivity contribution in [3.05, 3.63) is 9.21 Å². The number of aliphatic carboxylic acids is 1. The summed E-state index contributed by atoms with van der Waals surface area (Å²) in [6, 6.07) is 0. The van der Waals surface area contributed by atoms with Crippen LogP contribution >= 0.6 is 31.9 Å². The van der Waals surface area contributed by atoms with E-state index in [0.717, 1.165) is 0 Å². The van der Waals surface area contributed by atoms with E-state index in [2.05, 4.69) is 47.3 Å². The molecule has 3 N–H and O–H groups in total. The molecule has 1 aromatic rings. The summed E-state index contributed by atoms with van der Waals surface area (Å²) in [7, 11) is 0. The zero-order valence-corrected chi connectivity index (χ0v) is 10.4. The normalized spacial score (nSPS) is 11.4. The van der Waals surface area contributed by atoms with Gasteiger partial charge in [-0.1, -0.05) is 0 Å². The van der Waals surface area contributed by atoms with Gasteiger partial charge >= 0.3 is 5.97 Å². The smallest absolute Gasteiger partial charge is 0.305 e. The van der Waals surface area contributed by atoms with Crippen molar-refractivity contribution in [1.29, 1.82) is 0 Å². The highest BCUT2D eigenvalue weighted by Gasteiger charge is 2.00. The fraction of sp³-hybridized carbons (Fsp3) is 0.500. The summed E-state index contributed by atoms with van der Waals surface area (Å²) in [5.74, 6) is -0.963. The van der Waals surface area contributed by atoms with Gasteiger partial charge < -0.3 is 10.2 Å². The van der Waals surface area contributed by atoms with Gasteiger partial charge in [0.25, 0.3) is 0 Å². The average Bonchev–Trinajstić information content (AvgIpc) is 2.34. The van der Waals surface area contributed by atoms with Crippen LogP contribution in [0.4, 0.5) is 0 Å². The number of halogens is 2. The van der Waals surface area contributed by atoms with Crippen LogP contribution in [-0.2, 0) is 4.79 Å². The van der Waals surface area contributed by atoms with E-state index in [9.17, 15) is 4.79 Å². The van der Waals surface area contributed by atoms with E-state index in [4.69, 9.17) is 10.2 Å². The molecule has 0 aliphatic carbocycles. The first-order chi connectivity index (χ1) is 6.43. The van der Waals surface area contributed by atoms with Crippen molar-refractivity contribution in [3.63, 3.8) is 0 Å². The maximum atomic E-state index is 9.65. The van der Waals surface area contributed by atoms with Crippen LogP contribution in [0.15, 0.2) is 9.21 Å². The van der Waals surface area contributed by atoms with Gasteiger partial charge in [-0.15, -0.1) is 10.2 Å². The van der Waals surface area contributed by atoms with Crippen LogP contribution in [0, 0.1) is 0 Å². The molecule has 0 unspecified atom stereocenters. The van der Waals surface area contributed by atoms with E-state index in [1.165, 1.54) is 6.92 Å². The van der Waals surface area contributed by atoms with Crippen molar-refractivity contribution >= 4 is 37.8 Å². The number of carboxylic acid groups (broad SMARTS) is 1. The molecule has 0 bridgehead atoms. The van der Waals surface area contributed by atoms with Gasteiger partial charge in [-0.3, -0.25) is 4.79 Å².